The van der Waals surface area contributed by atoms with Gasteiger partial charge in [0.2, 0.25) is 10.0 Å². The van der Waals surface area contributed by atoms with E-state index in [1.54, 1.807) is 13.2 Å². The number of thiocarbonyl (C=S) groups is 1. The van der Waals surface area contributed by atoms with Crippen molar-refractivity contribution < 1.29 is 13.2 Å². The van der Waals surface area contributed by atoms with E-state index in [1.165, 1.54) is 28.9 Å². The molecule has 0 spiro atoms. The Kier molecular flexibility index (Phi) is 5.74. The van der Waals surface area contributed by atoms with Crippen molar-refractivity contribution in [3.05, 3.63) is 39.7 Å². The molecule has 0 saturated carbocycles. The minimum atomic E-state index is -3.75. The molecule has 0 atom stereocenters. The molecule has 2 aromatic rings. The zero-order valence-electron chi connectivity index (χ0n) is 12.3. The van der Waals surface area contributed by atoms with Crippen LogP contribution in [-0.2, 0) is 17.1 Å². The highest BCUT2D eigenvalue weighted by Crippen LogP contribution is 2.12. The van der Waals surface area contributed by atoms with Crippen molar-refractivity contribution >= 4 is 61.5 Å². The summed E-state index contributed by atoms with van der Waals surface area (Å²) < 4.78 is 24.6. The zero-order valence-corrected chi connectivity index (χ0v) is 16.1. The fourth-order valence-electron chi connectivity index (χ4n) is 1.68. The van der Waals surface area contributed by atoms with Gasteiger partial charge in [-0.2, -0.15) is 5.10 Å². The Balaban J connectivity index is 1.91. The van der Waals surface area contributed by atoms with Crippen LogP contribution >= 0.6 is 34.8 Å². The van der Waals surface area contributed by atoms with Gasteiger partial charge >= 0.3 is 0 Å². The number of hydrazine groups is 1. The molecule has 24 heavy (non-hydrogen) atoms. The summed E-state index contributed by atoms with van der Waals surface area (Å²) >= 11 is 7.04. The normalized spacial score (nSPS) is 11.0. The van der Waals surface area contributed by atoms with Gasteiger partial charge in [0, 0.05) is 18.9 Å². The highest BCUT2D eigenvalue weighted by Gasteiger charge is 2.14. The third-order valence-electron chi connectivity index (χ3n) is 2.73. The van der Waals surface area contributed by atoms with Gasteiger partial charge in [-0.05, 0) is 59.1 Å². The lowest BCUT2D eigenvalue weighted by atomic mass is 10.3. The monoisotopic (exact) mass is 480 g/mol. The number of anilines is 1. The number of nitrogens with zero attached hydrogens (tertiary/aromatic N) is 2. The predicted octanol–water partition coefficient (Wildman–Crippen LogP) is 0.303. The summed E-state index contributed by atoms with van der Waals surface area (Å²) in [4.78, 5) is 12.0. The Labute approximate surface area is 157 Å². The van der Waals surface area contributed by atoms with Crippen LogP contribution in [0.3, 0.4) is 0 Å². The number of benzene rings is 1. The van der Waals surface area contributed by atoms with Gasteiger partial charge in [0.25, 0.3) is 5.91 Å². The molecule has 1 aromatic heterocycles. The van der Waals surface area contributed by atoms with Crippen LogP contribution in [0.4, 0.5) is 5.69 Å². The number of sulfonamides is 1. The highest BCUT2D eigenvalue weighted by atomic mass is 127. The first kappa shape index (κ1) is 18.6. The molecule has 9 nitrogen and oxygen atoms in total. The van der Waals surface area contributed by atoms with Gasteiger partial charge < -0.3 is 5.32 Å². The second-order valence-electron chi connectivity index (χ2n) is 4.60. The van der Waals surface area contributed by atoms with E-state index < -0.39 is 15.9 Å². The molecule has 0 unspecified atom stereocenters. The van der Waals surface area contributed by atoms with Crippen LogP contribution in [0.5, 0.6) is 0 Å². The Bertz CT molecular complexity index is 879. The number of hydrogen-bond acceptors (Lipinski definition) is 5. The first-order chi connectivity index (χ1) is 11.2. The van der Waals surface area contributed by atoms with E-state index in [9.17, 15) is 13.2 Å². The molecule has 5 N–H and O–H groups in total. The van der Waals surface area contributed by atoms with Crippen molar-refractivity contribution in [3.8, 4) is 0 Å². The standard InChI is InChI=1S/C12H13IN6O3S2/c1-19-6-9(13)10(18-19)11(20)16-17-12(23)15-7-2-4-8(5-3-7)24(14,21)22/h2-6H,1H3,(H,16,20)(H2,14,21,22)(H2,15,17,23). The lowest BCUT2D eigenvalue weighted by Crippen LogP contribution is -2.44. The largest absolute Gasteiger partial charge is 0.331 e. The SMILES string of the molecule is Cn1cc(I)c(C(=O)NNC(=S)Nc2ccc(S(N)(=O)=O)cc2)n1. The van der Waals surface area contributed by atoms with Gasteiger partial charge in [0.05, 0.1) is 8.47 Å². The van der Waals surface area contributed by atoms with Crippen molar-refractivity contribution in [2.45, 2.75) is 4.90 Å². The number of primary sulfonamides is 1. The molecular formula is C12H13IN6O3S2. The van der Waals surface area contributed by atoms with E-state index >= 15 is 0 Å². The lowest BCUT2D eigenvalue weighted by molar-refractivity contribution is 0.0937. The van der Waals surface area contributed by atoms with Gasteiger partial charge in [-0.15, -0.1) is 0 Å². The average Bonchev–Trinajstić information content (AvgIpc) is 2.83. The predicted molar refractivity (Wildman–Crippen MR) is 101 cm³/mol. The highest BCUT2D eigenvalue weighted by molar-refractivity contribution is 14.1. The van der Waals surface area contributed by atoms with Crippen LogP contribution in [0, 0.1) is 3.57 Å². The molecule has 128 valence electrons. The number of aromatic nitrogens is 2. The summed E-state index contributed by atoms with van der Waals surface area (Å²) in [5.74, 6) is -0.436. The fourth-order valence-corrected chi connectivity index (χ4v) is 3.12. The molecular weight excluding hydrogens is 467 g/mol. The van der Waals surface area contributed by atoms with Gasteiger partial charge in [-0.1, -0.05) is 0 Å². The van der Waals surface area contributed by atoms with Gasteiger partial charge in [-0.25, -0.2) is 13.6 Å². The number of nitrogens with one attached hydrogen (secondary N) is 3. The number of halogens is 1. The van der Waals surface area contributed by atoms with Crippen molar-refractivity contribution in [1.82, 2.24) is 20.6 Å². The first-order valence-electron chi connectivity index (χ1n) is 6.36. The van der Waals surface area contributed by atoms with Crippen LogP contribution in [-0.4, -0.2) is 29.2 Å². The van der Waals surface area contributed by atoms with E-state index in [4.69, 9.17) is 17.4 Å². The van der Waals surface area contributed by atoms with E-state index in [1.807, 2.05) is 22.6 Å². The Morgan fingerprint density at radius 1 is 1.29 bits per heavy atom. The molecule has 1 amide bonds. The minimum absolute atomic E-state index is 0.00930. The Hall–Kier alpha value is -1.77. The summed E-state index contributed by atoms with van der Waals surface area (Å²) in [6, 6.07) is 5.68. The van der Waals surface area contributed by atoms with E-state index in [0.29, 0.717) is 9.26 Å². The molecule has 2 rings (SSSR count). The zero-order chi connectivity index (χ0) is 17.9. The number of amides is 1. The second-order valence-corrected chi connectivity index (χ2v) is 7.73. The number of carbonyl (C=O) groups is 1. The molecule has 0 radical (unpaired) electrons. The Morgan fingerprint density at radius 3 is 2.42 bits per heavy atom. The number of nitrogens with two attached hydrogens (primary N) is 1. The second kappa shape index (κ2) is 7.42. The maximum absolute atomic E-state index is 12.0. The van der Waals surface area contributed by atoms with Crippen molar-refractivity contribution in [1.29, 1.82) is 0 Å². The average molecular weight is 480 g/mol. The lowest BCUT2D eigenvalue weighted by Gasteiger charge is -2.11. The fraction of sp³-hybridized carbons (Fsp3) is 0.0833. The van der Waals surface area contributed by atoms with Crippen LogP contribution in [0.1, 0.15) is 10.5 Å². The maximum Gasteiger partial charge on any atom is 0.291 e. The molecule has 12 heteroatoms. The smallest absolute Gasteiger partial charge is 0.291 e. The van der Waals surface area contributed by atoms with Crippen LogP contribution in [0.15, 0.2) is 35.4 Å². The first-order valence-corrected chi connectivity index (χ1v) is 9.39. The summed E-state index contributed by atoms with van der Waals surface area (Å²) in [6.07, 6.45) is 1.71. The van der Waals surface area contributed by atoms with Crippen LogP contribution in [0.2, 0.25) is 0 Å². The molecule has 0 saturated heterocycles. The summed E-state index contributed by atoms with van der Waals surface area (Å²) in [6.45, 7) is 0. The Morgan fingerprint density at radius 2 is 1.92 bits per heavy atom. The summed E-state index contributed by atoms with van der Waals surface area (Å²) in [7, 11) is -2.03. The maximum atomic E-state index is 12.0. The summed E-state index contributed by atoms with van der Waals surface area (Å²) in [5.41, 5.74) is 5.75. The van der Waals surface area contributed by atoms with E-state index in [2.05, 4.69) is 21.3 Å². The van der Waals surface area contributed by atoms with Crippen LogP contribution < -0.4 is 21.3 Å². The number of aryl methyl sites for hydroxylation is 1. The minimum Gasteiger partial charge on any atom is -0.331 e. The number of hydrogen-bond donors (Lipinski definition) is 4. The summed E-state index contributed by atoms with van der Waals surface area (Å²) in [5, 5.41) is 12.0. The van der Waals surface area contributed by atoms with Crippen molar-refractivity contribution in [3.63, 3.8) is 0 Å². The third kappa shape index (κ3) is 4.86. The van der Waals surface area contributed by atoms with Gasteiger partial charge in [0.1, 0.15) is 0 Å². The van der Waals surface area contributed by atoms with Crippen molar-refractivity contribution in [2.24, 2.45) is 12.2 Å². The van der Waals surface area contributed by atoms with Gasteiger partial charge in [-0.3, -0.25) is 20.3 Å². The van der Waals surface area contributed by atoms with Gasteiger partial charge in [0.15, 0.2) is 10.8 Å². The molecule has 1 heterocycles. The van der Waals surface area contributed by atoms with Crippen molar-refractivity contribution in [2.75, 3.05) is 5.32 Å². The molecule has 1 aromatic carbocycles. The molecule has 0 fully saturated rings. The molecule has 0 bridgehead atoms. The molecule has 0 aliphatic heterocycles. The van der Waals surface area contributed by atoms with E-state index in [0.717, 1.165) is 0 Å². The number of carbonyl (C=O) groups excluding carboxylic acids is 1. The third-order valence-corrected chi connectivity index (χ3v) is 4.65. The van der Waals surface area contributed by atoms with Crippen LogP contribution in [0.25, 0.3) is 0 Å². The molecule has 0 aliphatic rings. The topological polar surface area (TPSA) is 131 Å². The number of rotatable bonds is 3. The van der Waals surface area contributed by atoms with E-state index in [-0.39, 0.29) is 15.7 Å². The molecule has 0 aliphatic carbocycles. The quantitative estimate of drug-likeness (QED) is 0.283.